The van der Waals surface area contributed by atoms with Crippen LogP contribution < -0.4 is 4.90 Å². The predicted molar refractivity (Wildman–Crippen MR) is 98.5 cm³/mol. The summed E-state index contributed by atoms with van der Waals surface area (Å²) in [6.07, 6.45) is 5.16. The van der Waals surface area contributed by atoms with E-state index in [9.17, 15) is 4.79 Å². The molecule has 0 N–H and O–H groups in total. The lowest BCUT2D eigenvalue weighted by molar-refractivity contribution is -0.132. The molecule has 0 aromatic carbocycles. The first-order chi connectivity index (χ1) is 12.0. The van der Waals surface area contributed by atoms with Crippen LogP contribution in [0.5, 0.6) is 0 Å². The molecule has 1 fully saturated rings. The molecule has 134 valence electrons. The Morgan fingerprint density at radius 3 is 2.92 bits per heavy atom. The number of nitrogens with zero attached hydrogens (tertiary/aromatic N) is 5. The molecule has 2 aromatic heterocycles. The largest absolute Gasteiger partial charge is 0.355 e. The summed E-state index contributed by atoms with van der Waals surface area (Å²) in [6.45, 7) is 3.87. The number of aryl methyl sites for hydroxylation is 3. The third kappa shape index (κ3) is 4.18. The third-order valence-electron chi connectivity index (χ3n) is 5.05. The molecule has 0 saturated carbocycles. The first kappa shape index (κ1) is 17.5. The highest BCUT2D eigenvalue weighted by molar-refractivity contribution is 5.76. The molecule has 3 heterocycles. The number of amides is 1. The summed E-state index contributed by atoms with van der Waals surface area (Å²) in [5.74, 6) is 1.21. The predicted octanol–water partition coefficient (Wildman–Crippen LogP) is 2.18. The monoisotopic (exact) mass is 341 g/mol. The lowest BCUT2D eigenvalue weighted by Gasteiger charge is -2.38. The van der Waals surface area contributed by atoms with Crippen LogP contribution >= 0.6 is 0 Å². The van der Waals surface area contributed by atoms with Crippen molar-refractivity contribution in [3.8, 4) is 0 Å². The Morgan fingerprint density at radius 2 is 2.20 bits per heavy atom. The van der Waals surface area contributed by atoms with E-state index in [1.165, 1.54) is 0 Å². The van der Waals surface area contributed by atoms with E-state index in [0.717, 1.165) is 49.6 Å². The molecule has 0 aliphatic carbocycles. The first-order valence-electron chi connectivity index (χ1n) is 8.96. The maximum absolute atomic E-state index is 12.6. The molecule has 0 spiro atoms. The van der Waals surface area contributed by atoms with Crippen molar-refractivity contribution in [3.63, 3.8) is 0 Å². The summed E-state index contributed by atoms with van der Waals surface area (Å²) in [5, 5.41) is 4.16. The highest BCUT2D eigenvalue weighted by atomic mass is 16.2. The van der Waals surface area contributed by atoms with Gasteiger partial charge >= 0.3 is 0 Å². The Kier molecular flexibility index (Phi) is 5.36. The zero-order valence-corrected chi connectivity index (χ0v) is 15.4. The number of carbonyl (C=O) groups excluding carboxylic acids is 1. The van der Waals surface area contributed by atoms with Crippen LogP contribution in [0.3, 0.4) is 0 Å². The second-order valence-corrected chi connectivity index (χ2v) is 6.83. The molecule has 0 unspecified atom stereocenters. The van der Waals surface area contributed by atoms with Crippen molar-refractivity contribution in [2.24, 2.45) is 7.05 Å². The average molecular weight is 341 g/mol. The zero-order chi connectivity index (χ0) is 17.8. The van der Waals surface area contributed by atoms with Gasteiger partial charge in [0.2, 0.25) is 5.91 Å². The molecular formula is C19H27N5O. The molecule has 1 aliphatic rings. The van der Waals surface area contributed by atoms with Crippen LogP contribution in [0.15, 0.2) is 30.5 Å². The van der Waals surface area contributed by atoms with E-state index in [4.69, 9.17) is 0 Å². The van der Waals surface area contributed by atoms with Gasteiger partial charge in [-0.05, 0) is 44.4 Å². The second-order valence-electron chi connectivity index (χ2n) is 6.83. The molecule has 1 aliphatic heterocycles. The van der Waals surface area contributed by atoms with E-state index >= 15 is 0 Å². The van der Waals surface area contributed by atoms with Crippen LogP contribution in [0.2, 0.25) is 0 Å². The zero-order valence-electron chi connectivity index (χ0n) is 15.4. The SMILES string of the molecule is Cc1cccc(N2CCC[C@H](N(C)C(=O)CCc3ccnn3C)C2)n1. The fourth-order valence-corrected chi connectivity index (χ4v) is 3.45. The minimum Gasteiger partial charge on any atom is -0.355 e. The number of pyridine rings is 1. The molecule has 3 rings (SSSR count). The lowest BCUT2D eigenvalue weighted by atomic mass is 10.0. The summed E-state index contributed by atoms with van der Waals surface area (Å²) in [7, 11) is 3.85. The molecule has 0 radical (unpaired) electrons. The Bertz CT molecular complexity index is 726. The Hall–Kier alpha value is -2.37. The van der Waals surface area contributed by atoms with E-state index in [1.807, 2.05) is 48.8 Å². The fraction of sp³-hybridized carbons (Fsp3) is 0.526. The summed E-state index contributed by atoms with van der Waals surface area (Å²) in [6, 6.07) is 8.33. The fourth-order valence-electron chi connectivity index (χ4n) is 3.45. The summed E-state index contributed by atoms with van der Waals surface area (Å²) in [4.78, 5) is 21.5. The van der Waals surface area contributed by atoms with E-state index < -0.39 is 0 Å². The highest BCUT2D eigenvalue weighted by Gasteiger charge is 2.26. The van der Waals surface area contributed by atoms with Crippen LogP contribution in [-0.2, 0) is 18.3 Å². The van der Waals surface area contributed by atoms with Gasteiger partial charge in [-0.2, -0.15) is 5.10 Å². The number of hydrogen-bond acceptors (Lipinski definition) is 4. The molecule has 1 saturated heterocycles. The van der Waals surface area contributed by atoms with E-state index in [-0.39, 0.29) is 11.9 Å². The van der Waals surface area contributed by atoms with Gasteiger partial charge in [-0.3, -0.25) is 9.48 Å². The number of aromatic nitrogens is 3. The van der Waals surface area contributed by atoms with Crippen molar-refractivity contribution >= 4 is 11.7 Å². The summed E-state index contributed by atoms with van der Waals surface area (Å²) in [5.41, 5.74) is 2.12. The highest BCUT2D eigenvalue weighted by Crippen LogP contribution is 2.21. The molecular weight excluding hydrogens is 314 g/mol. The number of anilines is 1. The molecule has 2 aromatic rings. The molecule has 6 heteroatoms. The van der Waals surface area contributed by atoms with E-state index in [0.29, 0.717) is 6.42 Å². The molecule has 1 amide bonds. The minimum atomic E-state index is 0.199. The minimum absolute atomic E-state index is 0.199. The molecule has 6 nitrogen and oxygen atoms in total. The third-order valence-corrected chi connectivity index (χ3v) is 5.05. The lowest BCUT2D eigenvalue weighted by Crippen LogP contribution is -2.49. The van der Waals surface area contributed by atoms with Crippen molar-refractivity contribution in [3.05, 3.63) is 41.9 Å². The van der Waals surface area contributed by atoms with Crippen LogP contribution in [0.1, 0.15) is 30.7 Å². The number of rotatable bonds is 5. The van der Waals surface area contributed by atoms with E-state index in [2.05, 4.69) is 21.0 Å². The average Bonchev–Trinajstić information content (AvgIpc) is 3.04. The molecule has 0 bridgehead atoms. The van der Waals surface area contributed by atoms with Gasteiger partial charge in [0, 0.05) is 57.2 Å². The summed E-state index contributed by atoms with van der Waals surface area (Å²) < 4.78 is 1.83. The Labute approximate surface area is 149 Å². The van der Waals surface area contributed by atoms with Crippen molar-refractivity contribution in [2.45, 2.75) is 38.6 Å². The number of hydrogen-bond donors (Lipinski definition) is 0. The smallest absolute Gasteiger partial charge is 0.223 e. The van der Waals surface area contributed by atoms with Gasteiger partial charge in [0.1, 0.15) is 5.82 Å². The van der Waals surface area contributed by atoms with E-state index in [1.54, 1.807) is 6.20 Å². The maximum Gasteiger partial charge on any atom is 0.223 e. The van der Waals surface area contributed by atoms with Gasteiger partial charge in [-0.15, -0.1) is 0 Å². The standard InChI is InChI=1S/C19H27N5O/c1-15-6-4-8-18(21-15)24-13-5-7-17(14-24)22(2)19(25)10-9-16-11-12-20-23(16)3/h4,6,8,11-12,17H,5,7,9-10,13-14H2,1-3H3/t17-/m0/s1. The van der Waals surface area contributed by atoms with Crippen molar-refractivity contribution in [1.29, 1.82) is 0 Å². The van der Waals surface area contributed by atoms with Crippen molar-refractivity contribution in [2.75, 3.05) is 25.0 Å². The second kappa shape index (κ2) is 7.68. The van der Waals surface area contributed by atoms with Gasteiger partial charge in [-0.1, -0.05) is 6.07 Å². The molecule has 1 atom stereocenters. The topological polar surface area (TPSA) is 54.3 Å². The van der Waals surface area contributed by atoms with Gasteiger partial charge in [0.05, 0.1) is 0 Å². The van der Waals surface area contributed by atoms with Crippen LogP contribution in [0.4, 0.5) is 5.82 Å². The van der Waals surface area contributed by atoms with Crippen LogP contribution in [-0.4, -0.2) is 51.8 Å². The van der Waals surface area contributed by atoms with Crippen molar-refractivity contribution in [1.82, 2.24) is 19.7 Å². The number of piperidine rings is 1. The van der Waals surface area contributed by atoms with Gasteiger partial charge in [0.25, 0.3) is 0 Å². The van der Waals surface area contributed by atoms with Crippen LogP contribution in [0, 0.1) is 6.92 Å². The van der Waals surface area contributed by atoms with Gasteiger partial charge in [0.15, 0.2) is 0 Å². The number of likely N-dealkylation sites (N-methyl/N-ethyl adjacent to an activating group) is 1. The van der Waals surface area contributed by atoms with Gasteiger partial charge < -0.3 is 9.80 Å². The maximum atomic E-state index is 12.6. The van der Waals surface area contributed by atoms with Gasteiger partial charge in [-0.25, -0.2) is 4.98 Å². The molecule has 25 heavy (non-hydrogen) atoms. The Balaban J connectivity index is 1.58. The quantitative estimate of drug-likeness (QED) is 0.836. The number of carbonyl (C=O) groups is 1. The van der Waals surface area contributed by atoms with Crippen LogP contribution in [0.25, 0.3) is 0 Å². The summed E-state index contributed by atoms with van der Waals surface area (Å²) >= 11 is 0. The normalized spacial score (nSPS) is 17.6. The Morgan fingerprint density at radius 1 is 1.36 bits per heavy atom. The first-order valence-corrected chi connectivity index (χ1v) is 8.96. The van der Waals surface area contributed by atoms with Crippen molar-refractivity contribution < 1.29 is 4.79 Å².